The average Bonchev–Trinajstić information content (AvgIpc) is 2.62. The SMILES string of the molecule is CCN(CC(=O)Nc1c(C)cccc1C)S(=O)(=O)c1cc(C)ccc1OC. The summed E-state index contributed by atoms with van der Waals surface area (Å²) in [6, 6.07) is 10.7. The minimum absolute atomic E-state index is 0.0618. The standard InChI is InChI=1S/C20H26N2O4S/c1-6-22(13-19(23)21-20-15(3)8-7-9-16(20)4)27(24,25)18-12-14(2)10-11-17(18)26-5/h7-12H,6,13H2,1-5H3,(H,21,23). The first-order valence-electron chi connectivity index (χ1n) is 8.71. The summed E-state index contributed by atoms with van der Waals surface area (Å²) < 4.78 is 32.5. The lowest BCUT2D eigenvalue weighted by Crippen LogP contribution is -2.38. The van der Waals surface area contributed by atoms with Gasteiger partial charge >= 0.3 is 0 Å². The van der Waals surface area contributed by atoms with E-state index < -0.39 is 10.0 Å². The lowest BCUT2D eigenvalue weighted by Gasteiger charge is -2.22. The highest BCUT2D eigenvalue weighted by atomic mass is 32.2. The van der Waals surface area contributed by atoms with E-state index >= 15 is 0 Å². The van der Waals surface area contributed by atoms with E-state index in [9.17, 15) is 13.2 Å². The predicted molar refractivity (Wildman–Crippen MR) is 107 cm³/mol. The lowest BCUT2D eigenvalue weighted by molar-refractivity contribution is -0.116. The molecule has 2 aromatic carbocycles. The van der Waals surface area contributed by atoms with Gasteiger partial charge in [0.05, 0.1) is 13.7 Å². The summed E-state index contributed by atoms with van der Waals surface area (Å²) in [5.74, 6) is -0.126. The summed E-state index contributed by atoms with van der Waals surface area (Å²) in [6.07, 6.45) is 0. The first-order chi connectivity index (χ1) is 12.7. The Morgan fingerprint density at radius 1 is 1.11 bits per heavy atom. The third-order valence-electron chi connectivity index (χ3n) is 4.36. The Bertz CT molecular complexity index is 919. The summed E-state index contributed by atoms with van der Waals surface area (Å²) in [4.78, 5) is 12.6. The Labute approximate surface area is 161 Å². The number of benzene rings is 2. The fourth-order valence-corrected chi connectivity index (χ4v) is 4.49. The van der Waals surface area contributed by atoms with Gasteiger partial charge in [-0.15, -0.1) is 0 Å². The van der Waals surface area contributed by atoms with Crippen molar-refractivity contribution in [3.8, 4) is 5.75 Å². The van der Waals surface area contributed by atoms with Crippen molar-refractivity contribution in [1.82, 2.24) is 4.31 Å². The molecular weight excluding hydrogens is 364 g/mol. The van der Waals surface area contributed by atoms with Crippen LogP contribution in [0.2, 0.25) is 0 Å². The van der Waals surface area contributed by atoms with Crippen LogP contribution in [0.15, 0.2) is 41.3 Å². The fraction of sp³-hybridized carbons (Fsp3) is 0.350. The molecule has 0 unspecified atom stereocenters. The number of aryl methyl sites for hydroxylation is 3. The number of hydrogen-bond donors (Lipinski definition) is 1. The van der Waals surface area contributed by atoms with Crippen molar-refractivity contribution in [2.45, 2.75) is 32.6 Å². The highest BCUT2D eigenvalue weighted by Gasteiger charge is 2.28. The number of amides is 1. The number of likely N-dealkylation sites (N-methyl/N-ethyl adjacent to an activating group) is 1. The van der Waals surface area contributed by atoms with E-state index in [1.54, 1.807) is 25.1 Å². The first kappa shape index (κ1) is 20.9. The van der Waals surface area contributed by atoms with Gasteiger partial charge in [0.15, 0.2) is 0 Å². The smallest absolute Gasteiger partial charge is 0.247 e. The molecule has 0 bridgehead atoms. The third kappa shape index (κ3) is 4.67. The number of carbonyl (C=O) groups excluding carboxylic acids is 1. The van der Waals surface area contributed by atoms with Gasteiger partial charge in [-0.1, -0.05) is 31.2 Å². The normalized spacial score (nSPS) is 11.5. The molecule has 1 N–H and O–H groups in total. The maximum atomic E-state index is 13.1. The minimum Gasteiger partial charge on any atom is -0.495 e. The Morgan fingerprint density at radius 3 is 2.30 bits per heavy atom. The van der Waals surface area contributed by atoms with Gasteiger partial charge in [0.1, 0.15) is 10.6 Å². The minimum atomic E-state index is -3.88. The summed E-state index contributed by atoms with van der Waals surface area (Å²) >= 11 is 0. The summed E-state index contributed by atoms with van der Waals surface area (Å²) in [5, 5.41) is 2.83. The van der Waals surface area contributed by atoms with Gasteiger partial charge in [-0.25, -0.2) is 8.42 Å². The predicted octanol–water partition coefficient (Wildman–Crippen LogP) is 3.27. The van der Waals surface area contributed by atoms with Crippen LogP contribution in [0.4, 0.5) is 5.69 Å². The molecule has 0 atom stereocenters. The van der Waals surface area contributed by atoms with E-state index in [1.807, 2.05) is 39.0 Å². The van der Waals surface area contributed by atoms with Gasteiger partial charge in [-0.2, -0.15) is 4.31 Å². The molecule has 2 aromatic rings. The highest BCUT2D eigenvalue weighted by Crippen LogP contribution is 2.28. The third-order valence-corrected chi connectivity index (χ3v) is 6.30. The number of carbonyl (C=O) groups is 1. The number of para-hydroxylation sites is 1. The number of anilines is 1. The Hall–Kier alpha value is -2.38. The number of methoxy groups -OCH3 is 1. The molecule has 2 rings (SSSR count). The number of nitrogens with zero attached hydrogens (tertiary/aromatic N) is 1. The lowest BCUT2D eigenvalue weighted by atomic mass is 10.1. The zero-order chi connectivity index (χ0) is 20.2. The highest BCUT2D eigenvalue weighted by molar-refractivity contribution is 7.89. The van der Waals surface area contributed by atoms with Crippen LogP contribution in [0.25, 0.3) is 0 Å². The van der Waals surface area contributed by atoms with Crippen LogP contribution in [0.5, 0.6) is 5.75 Å². The molecule has 0 heterocycles. The van der Waals surface area contributed by atoms with E-state index in [4.69, 9.17) is 4.74 Å². The number of hydrogen-bond acceptors (Lipinski definition) is 4. The first-order valence-corrected chi connectivity index (χ1v) is 10.2. The maximum absolute atomic E-state index is 13.1. The van der Waals surface area contributed by atoms with Crippen molar-refractivity contribution in [3.63, 3.8) is 0 Å². The van der Waals surface area contributed by atoms with Crippen molar-refractivity contribution < 1.29 is 17.9 Å². The molecule has 0 aromatic heterocycles. The molecule has 0 aliphatic heterocycles. The van der Waals surface area contributed by atoms with Crippen LogP contribution in [0.1, 0.15) is 23.6 Å². The van der Waals surface area contributed by atoms with E-state index in [1.165, 1.54) is 7.11 Å². The van der Waals surface area contributed by atoms with Crippen LogP contribution >= 0.6 is 0 Å². The van der Waals surface area contributed by atoms with Crippen molar-refractivity contribution in [2.75, 3.05) is 25.5 Å². The summed E-state index contributed by atoms with van der Waals surface area (Å²) in [5.41, 5.74) is 3.36. The molecule has 27 heavy (non-hydrogen) atoms. The molecule has 0 aliphatic carbocycles. The number of ether oxygens (including phenoxy) is 1. The zero-order valence-electron chi connectivity index (χ0n) is 16.4. The van der Waals surface area contributed by atoms with Gasteiger partial charge in [0, 0.05) is 12.2 Å². The molecule has 0 saturated carbocycles. The van der Waals surface area contributed by atoms with Gasteiger partial charge < -0.3 is 10.1 Å². The molecule has 0 saturated heterocycles. The van der Waals surface area contributed by atoms with Crippen LogP contribution in [0.3, 0.4) is 0 Å². The zero-order valence-corrected chi connectivity index (χ0v) is 17.2. The van der Waals surface area contributed by atoms with Crippen molar-refractivity contribution in [2.24, 2.45) is 0 Å². The summed E-state index contributed by atoms with van der Waals surface area (Å²) in [7, 11) is -2.45. The molecule has 7 heteroatoms. The second-order valence-electron chi connectivity index (χ2n) is 6.40. The van der Waals surface area contributed by atoms with Crippen LogP contribution in [0, 0.1) is 20.8 Å². The summed E-state index contributed by atoms with van der Waals surface area (Å²) in [6.45, 7) is 7.20. The van der Waals surface area contributed by atoms with Gasteiger partial charge in [-0.05, 0) is 49.6 Å². The topological polar surface area (TPSA) is 75.7 Å². The van der Waals surface area contributed by atoms with E-state index in [0.29, 0.717) is 5.69 Å². The van der Waals surface area contributed by atoms with Gasteiger partial charge in [0.25, 0.3) is 0 Å². The Balaban J connectivity index is 2.28. The maximum Gasteiger partial charge on any atom is 0.247 e. The van der Waals surface area contributed by atoms with Crippen LogP contribution in [-0.2, 0) is 14.8 Å². The van der Waals surface area contributed by atoms with E-state index in [2.05, 4.69) is 5.32 Å². The molecule has 0 radical (unpaired) electrons. The largest absolute Gasteiger partial charge is 0.495 e. The molecule has 146 valence electrons. The van der Waals surface area contributed by atoms with Crippen LogP contribution < -0.4 is 10.1 Å². The molecule has 0 fully saturated rings. The Kier molecular flexibility index (Phi) is 6.62. The van der Waals surface area contributed by atoms with Crippen molar-refractivity contribution in [3.05, 3.63) is 53.1 Å². The van der Waals surface area contributed by atoms with Crippen molar-refractivity contribution >= 4 is 21.6 Å². The molecular formula is C20H26N2O4S. The Morgan fingerprint density at radius 2 is 1.74 bits per heavy atom. The van der Waals surface area contributed by atoms with Crippen LogP contribution in [-0.4, -0.2) is 38.8 Å². The molecule has 6 nitrogen and oxygen atoms in total. The van der Waals surface area contributed by atoms with Crippen molar-refractivity contribution in [1.29, 1.82) is 0 Å². The second-order valence-corrected chi connectivity index (χ2v) is 8.31. The quantitative estimate of drug-likeness (QED) is 0.787. The van der Waals surface area contributed by atoms with E-state index in [0.717, 1.165) is 21.0 Å². The van der Waals surface area contributed by atoms with Gasteiger partial charge in [0.2, 0.25) is 15.9 Å². The number of rotatable bonds is 7. The number of sulfonamides is 1. The monoisotopic (exact) mass is 390 g/mol. The second kappa shape index (κ2) is 8.54. The van der Waals surface area contributed by atoms with Gasteiger partial charge in [-0.3, -0.25) is 4.79 Å². The molecule has 0 spiro atoms. The molecule has 1 amide bonds. The average molecular weight is 391 g/mol. The molecule has 0 aliphatic rings. The number of nitrogens with one attached hydrogen (secondary N) is 1. The fourth-order valence-electron chi connectivity index (χ4n) is 2.84. The van der Waals surface area contributed by atoms with E-state index in [-0.39, 0.29) is 29.6 Å².